The maximum Gasteiger partial charge on any atom is 1.00 e. The van der Waals surface area contributed by atoms with E-state index in [0.29, 0.717) is 0 Å². The smallest absolute Gasteiger partial charge is 0.521 e. The summed E-state index contributed by atoms with van der Waals surface area (Å²) in [6, 6.07) is 5.79. The third-order valence-corrected chi connectivity index (χ3v) is 2.21. The van der Waals surface area contributed by atoms with Crippen molar-refractivity contribution in [2.45, 2.75) is 52.7 Å². The van der Waals surface area contributed by atoms with Gasteiger partial charge < -0.3 is 18.7 Å². The Morgan fingerprint density at radius 3 is 1.83 bits per heavy atom. The number of hydrogen-bond acceptors (Lipinski definition) is 2. The van der Waals surface area contributed by atoms with E-state index in [9.17, 15) is 0 Å². The Morgan fingerprint density at radius 2 is 1.39 bits per heavy atom. The molecule has 96 valence electrons. The molecule has 0 saturated carbocycles. The summed E-state index contributed by atoms with van der Waals surface area (Å²) >= 11 is 0. The Balaban J connectivity index is 0.00000289. The molecule has 1 aromatic carbocycles. The van der Waals surface area contributed by atoms with E-state index < -0.39 is 0 Å². The molecular weight excluding hydrogens is 238 g/mol. The fourth-order valence-corrected chi connectivity index (χ4v) is 1.54. The van der Waals surface area contributed by atoms with Crippen molar-refractivity contribution >= 4 is 14.5 Å². The summed E-state index contributed by atoms with van der Waals surface area (Å²) in [6.07, 6.45) is 0. The molecule has 2 nitrogen and oxygen atoms in total. The third kappa shape index (κ3) is 6.69. The van der Waals surface area contributed by atoms with E-state index in [4.69, 9.17) is 9.47 Å². The first kappa shape index (κ1) is 17.8. The third-order valence-electron chi connectivity index (χ3n) is 1.79. The van der Waals surface area contributed by atoms with Crippen LogP contribution in [0.4, 0.5) is 0 Å². The van der Waals surface area contributed by atoms with Gasteiger partial charge in [-0.25, -0.2) is 0 Å². The van der Waals surface area contributed by atoms with E-state index in [1.54, 1.807) is 0 Å². The van der Waals surface area contributed by atoms with Crippen molar-refractivity contribution in [3.05, 3.63) is 18.2 Å². The molecule has 0 heterocycles. The zero-order valence-electron chi connectivity index (χ0n) is 12.5. The Morgan fingerprint density at radius 1 is 0.889 bits per heavy atom. The molecule has 0 aromatic heterocycles. The summed E-state index contributed by atoms with van der Waals surface area (Å²) in [6.45, 7) is 12.2. The summed E-state index contributed by atoms with van der Waals surface area (Å²) in [7, 11) is 3.54. The summed E-state index contributed by atoms with van der Waals surface area (Å²) in [4.78, 5) is 0. The number of benzene rings is 1. The zero-order valence-corrected chi connectivity index (χ0v) is 13.5. The van der Waals surface area contributed by atoms with Crippen LogP contribution >= 0.6 is 9.24 Å². The Kier molecular flexibility index (Phi) is 6.28. The zero-order chi connectivity index (χ0) is 13.3. The Hall–Kier alpha value is -0.153. The summed E-state index contributed by atoms with van der Waals surface area (Å²) in [5.41, 5.74) is -0.423. The van der Waals surface area contributed by atoms with Gasteiger partial charge in [-0.15, -0.1) is 0 Å². The van der Waals surface area contributed by atoms with Crippen LogP contribution in [0.1, 0.15) is 41.5 Å². The van der Waals surface area contributed by atoms with Crippen molar-refractivity contribution in [2.75, 3.05) is 0 Å². The first-order valence-corrected chi connectivity index (χ1v) is 6.30. The molecule has 0 N–H and O–H groups in total. The maximum atomic E-state index is 5.86. The van der Waals surface area contributed by atoms with Crippen LogP contribution in [0.15, 0.2) is 18.2 Å². The van der Waals surface area contributed by atoms with Gasteiger partial charge in [0.15, 0.2) is 0 Å². The second-order valence-electron chi connectivity index (χ2n) is 6.09. The number of hydrogen-bond donors (Lipinski definition) is 0. The van der Waals surface area contributed by atoms with E-state index in [2.05, 4.69) is 9.24 Å². The predicted octanol–water partition coefficient (Wildman–Crippen LogP) is 0.813. The van der Waals surface area contributed by atoms with Crippen LogP contribution < -0.4 is 33.6 Å². The van der Waals surface area contributed by atoms with Crippen molar-refractivity contribution in [1.82, 2.24) is 0 Å². The molecule has 0 aliphatic heterocycles. The van der Waals surface area contributed by atoms with Gasteiger partial charge >= 0.3 is 18.9 Å². The molecule has 1 rings (SSSR count). The minimum atomic E-state index is -0.220. The normalized spacial score (nSPS) is 11.7. The minimum absolute atomic E-state index is 0. The van der Waals surface area contributed by atoms with Gasteiger partial charge in [0.1, 0.15) is 17.0 Å². The molecule has 0 fully saturated rings. The molecule has 4 heteroatoms. The van der Waals surface area contributed by atoms with Crippen molar-refractivity contribution in [1.29, 1.82) is 0 Å². The molecule has 0 aliphatic rings. The average Bonchev–Trinajstić information content (AvgIpc) is 2.05. The minimum Gasteiger partial charge on any atom is -0.521 e. The molecule has 0 radical (unpaired) electrons. The van der Waals surface area contributed by atoms with Crippen LogP contribution in [-0.4, -0.2) is 11.2 Å². The topological polar surface area (TPSA) is 18.5 Å². The van der Waals surface area contributed by atoms with Crippen LogP contribution in [0, 0.1) is 0 Å². The van der Waals surface area contributed by atoms with Crippen LogP contribution in [0.5, 0.6) is 11.5 Å². The molecule has 18 heavy (non-hydrogen) atoms. The largest absolute Gasteiger partial charge is 1.00 e. The molecular formula is C14H22LiO2P. The van der Waals surface area contributed by atoms with Gasteiger partial charge in [-0.1, -0.05) is 6.07 Å². The van der Waals surface area contributed by atoms with Crippen LogP contribution in [0.2, 0.25) is 0 Å². The van der Waals surface area contributed by atoms with E-state index in [1.807, 2.05) is 59.7 Å². The van der Waals surface area contributed by atoms with Gasteiger partial charge in [0.05, 0.1) is 5.75 Å². The van der Waals surface area contributed by atoms with Crippen LogP contribution in [0.25, 0.3) is 0 Å². The van der Waals surface area contributed by atoms with E-state index in [0.717, 1.165) is 16.8 Å². The number of ether oxygens (including phenoxy) is 2. The number of rotatable bonds is 2. The molecule has 0 unspecified atom stereocenters. The summed E-state index contributed by atoms with van der Waals surface area (Å²) in [5, 5.41) is 0.932. The molecule has 0 saturated heterocycles. The van der Waals surface area contributed by atoms with Gasteiger partial charge in [-0.2, -0.15) is 5.30 Å². The van der Waals surface area contributed by atoms with E-state index in [1.165, 1.54) is 0 Å². The molecule has 0 aliphatic carbocycles. The fourth-order valence-electron chi connectivity index (χ4n) is 1.33. The molecule has 0 bridgehead atoms. The maximum absolute atomic E-state index is 5.86. The Bertz CT molecular complexity index is 392. The van der Waals surface area contributed by atoms with Gasteiger partial charge in [0.2, 0.25) is 0 Å². The SMILES string of the molecule is CC(C)(C)Oc1ccc([PH-])c(OC(C)(C)C)c1.[Li+]. The second kappa shape index (κ2) is 6.33. The van der Waals surface area contributed by atoms with Crippen molar-refractivity contribution in [3.8, 4) is 11.5 Å². The van der Waals surface area contributed by atoms with Gasteiger partial charge in [0, 0.05) is 6.07 Å². The fraction of sp³-hybridized carbons (Fsp3) is 0.571. The molecule has 0 spiro atoms. The quantitative estimate of drug-likeness (QED) is 0.579. The van der Waals surface area contributed by atoms with Gasteiger partial charge in [-0.3, -0.25) is 0 Å². The monoisotopic (exact) mass is 260 g/mol. The van der Waals surface area contributed by atoms with E-state index >= 15 is 0 Å². The Labute approximate surface area is 125 Å². The molecule has 0 amide bonds. The molecule has 0 atom stereocenters. The van der Waals surface area contributed by atoms with Crippen molar-refractivity contribution < 1.29 is 28.3 Å². The average molecular weight is 260 g/mol. The van der Waals surface area contributed by atoms with Crippen LogP contribution in [-0.2, 0) is 0 Å². The second-order valence-corrected chi connectivity index (χ2v) is 6.63. The van der Waals surface area contributed by atoms with Crippen LogP contribution in [0.3, 0.4) is 0 Å². The van der Waals surface area contributed by atoms with Crippen molar-refractivity contribution in [2.24, 2.45) is 0 Å². The summed E-state index contributed by atoms with van der Waals surface area (Å²) < 4.78 is 11.7. The van der Waals surface area contributed by atoms with E-state index in [-0.39, 0.29) is 30.1 Å². The summed E-state index contributed by atoms with van der Waals surface area (Å²) in [5.74, 6) is 1.62. The van der Waals surface area contributed by atoms with Gasteiger partial charge in [0.25, 0.3) is 0 Å². The van der Waals surface area contributed by atoms with Gasteiger partial charge in [-0.05, 0) is 47.6 Å². The first-order chi connectivity index (χ1) is 7.57. The standard InChI is InChI=1S/C14H22O2P.Li/c1-13(2,3)15-10-7-8-12(17)11(9-10)16-14(4,5)6;/h7-9,17H,1-6H3;/q-1;+1. The molecule has 1 aromatic rings. The predicted molar refractivity (Wildman–Crippen MR) is 75.2 cm³/mol. The first-order valence-electron chi connectivity index (χ1n) is 5.80. The van der Waals surface area contributed by atoms with Crippen molar-refractivity contribution in [3.63, 3.8) is 0 Å².